The van der Waals surface area contributed by atoms with Crippen LogP contribution in [0.25, 0.3) is 0 Å². The molecule has 0 spiro atoms. The molecule has 1 heterocycles. The number of hydrogen-bond acceptors (Lipinski definition) is 3. The van der Waals surface area contributed by atoms with Crippen molar-refractivity contribution in [2.45, 2.75) is 31.6 Å². The Bertz CT molecular complexity index is 108. The molecule has 0 saturated carbocycles. The smallest absolute Gasteiger partial charge is 0.0927 e. The molecule has 0 aromatic heterocycles. The number of nitrogens with one attached hydrogen (secondary N) is 1. The van der Waals surface area contributed by atoms with E-state index in [4.69, 9.17) is 4.74 Å². The quantitative estimate of drug-likeness (QED) is 0.534. The fourth-order valence-corrected chi connectivity index (χ4v) is 1.27. The summed E-state index contributed by atoms with van der Waals surface area (Å²) in [5.41, 5.74) is 0. The molecular weight excluding hydrogens is 130 g/mol. The molecule has 0 aromatic rings. The maximum atomic E-state index is 9.30. The van der Waals surface area contributed by atoms with Gasteiger partial charge in [0.25, 0.3) is 0 Å². The molecule has 0 amide bonds. The first-order chi connectivity index (χ1) is 4.74. The third kappa shape index (κ3) is 1.68. The molecule has 1 fully saturated rings. The van der Waals surface area contributed by atoms with Crippen molar-refractivity contribution < 1.29 is 9.84 Å². The van der Waals surface area contributed by atoms with Gasteiger partial charge in [-0.15, -0.1) is 0 Å². The lowest BCUT2D eigenvalue weighted by Gasteiger charge is -2.31. The Morgan fingerprint density at radius 3 is 2.80 bits per heavy atom. The zero-order valence-electron chi connectivity index (χ0n) is 6.50. The molecule has 2 N–H and O–H groups in total. The zero-order chi connectivity index (χ0) is 7.56. The van der Waals surface area contributed by atoms with E-state index in [1.807, 2.05) is 14.0 Å². The van der Waals surface area contributed by atoms with Gasteiger partial charge in [0.05, 0.1) is 18.8 Å². The third-order valence-corrected chi connectivity index (χ3v) is 1.97. The molecule has 10 heavy (non-hydrogen) atoms. The zero-order valence-corrected chi connectivity index (χ0v) is 6.50. The van der Waals surface area contributed by atoms with Crippen LogP contribution < -0.4 is 5.32 Å². The Labute approximate surface area is 61.4 Å². The van der Waals surface area contributed by atoms with E-state index in [0.29, 0.717) is 6.61 Å². The van der Waals surface area contributed by atoms with Gasteiger partial charge in [-0.05, 0) is 20.4 Å². The summed E-state index contributed by atoms with van der Waals surface area (Å²) in [6.45, 7) is 2.49. The first-order valence-corrected chi connectivity index (χ1v) is 3.71. The van der Waals surface area contributed by atoms with E-state index >= 15 is 0 Å². The van der Waals surface area contributed by atoms with E-state index in [2.05, 4.69) is 5.32 Å². The normalized spacial score (nSPS) is 41.7. The van der Waals surface area contributed by atoms with Gasteiger partial charge < -0.3 is 15.2 Å². The molecule has 0 unspecified atom stereocenters. The molecule has 1 aliphatic rings. The lowest BCUT2D eigenvalue weighted by molar-refractivity contribution is -0.0648. The maximum Gasteiger partial charge on any atom is 0.0927 e. The first kappa shape index (κ1) is 7.98. The van der Waals surface area contributed by atoms with Crippen molar-refractivity contribution in [3.63, 3.8) is 0 Å². The fourth-order valence-electron chi connectivity index (χ4n) is 1.27. The molecule has 0 bridgehead atoms. The van der Waals surface area contributed by atoms with Crippen molar-refractivity contribution >= 4 is 0 Å². The molecule has 60 valence electrons. The molecule has 0 aromatic carbocycles. The minimum atomic E-state index is -0.332. The number of hydrogen-bond donors (Lipinski definition) is 2. The minimum absolute atomic E-state index is 0.212. The Hall–Kier alpha value is -0.120. The van der Waals surface area contributed by atoms with Gasteiger partial charge in [0.1, 0.15) is 0 Å². The summed E-state index contributed by atoms with van der Waals surface area (Å²) in [6.07, 6.45) is 0.847. The van der Waals surface area contributed by atoms with Crippen LogP contribution in [0.1, 0.15) is 13.3 Å². The van der Waals surface area contributed by atoms with E-state index in [-0.39, 0.29) is 18.2 Å². The molecule has 3 heteroatoms. The van der Waals surface area contributed by atoms with Crippen LogP contribution in [0.4, 0.5) is 0 Å². The van der Waals surface area contributed by atoms with Gasteiger partial charge in [0, 0.05) is 6.04 Å². The molecule has 1 saturated heterocycles. The molecule has 3 atom stereocenters. The third-order valence-electron chi connectivity index (χ3n) is 1.97. The van der Waals surface area contributed by atoms with Gasteiger partial charge in [0.15, 0.2) is 0 Å². The van der Waals surface area contributed by atoms with Crippen molar-refractivity contribution in [1.82, 2.24) is 5.32 Å². The second-order valence-electron chi connectivity index (χ2n) is 2.84. The number of likely N-dealkylation sites (N-methyl/N-ethyl adjacent to an activating group) is 1. The number of aliphatic hydroxyl groups is 1. The van der Waals surface area contributed by atoms with E-state index in [1.54, 1.807) is 0 Å². The van der Waals surface area contributed by atoms with Crippen LogP contribution >= 0.6 is 0 Å². The maximum absolute atomic E-state index is 9.30. The Morgan fingerprint density at radius 1 is 1.60 bits per heavy atom. The predicted molar refractivity (Wildman–Crippen MR) is 38.9 cm³/mol. The topological polar surface area (TPSA) is 41.5 Å². The predicted octanol–water partition coefficient (Wildman–Crippen LogP) is -0.256. The average molecular weight is 145 g/mol. The van der Waals surface area contributed by atoms with Crippen LogP contribution in [-0.2, 0) is 4.74 Å². The van der Waals surface area contributed by atoms with Crippen LogP contribution in [0.2, 0.25) is 0 Å². The summed E-state index contributed by atoms with van der Waals surface area (Å²) in [5, 5.41) is 12.4. The van der Waals surface area contributed by atoms with E-state index in [9.17, 15) is 5.11 Å². The number of rotatable bonds is 1. The van der Waals surface area contributed by atoms with Gasteiger partial charge in [-0.3, -0.25) is 0 Å². The Kier molecular flexibility index (Phi) is 2.65. The largest absolute Gasteiger partial charge is 0.389 e. The monoisotopic (exact) mass is 145 g/mol. The Balaban J connectivity index is 2.38. The Morgan fingerprint density at radius 2 is 2.30 bits per heavy atom. The van der Waals surface area contributed by atoms with Gasteiger partial charge in [-0.2, -0.15) is 0 Å². The standard InChI is InChI=1S/C7H15NO2/c1-5-3-6(8-2)7(9)4-10-5/h5-9H,3-4H2,1-2H3/t5-,6+,7+/m1/s1. The van der Waals surface area contributed by atoms with Crippen LogP contribution in [-0.4, -0.2) is 37.0 Å². The van der Waals surface area contributed by atoms with Crippen LogP contribution in [0.3, 0.4) is 0 Å². The highest BCUT2D eigenvalue weighted by Gasteiger charge is 2.25. The molecule has 3 nitrogen and oxygen atoms in total. The molecule has 0 aliphatic carbocycles. The molecular formula is C7H15NO2. The van der Waals surface area contributed by atoms with Crippen LogP contribution in [0, 0.1) is 0 Å². The highest BCUT2D eigenvalue weighted by Crippen LogP contribution is 2.12. The number of ether oxygens (including phenoxy) is 1. The summed E-state index contributed by atoms with van der Waals surface area (Å²) in [7, 11) is 1.87. The van der Waals surface area contributed by atoms with Gasteiger partial charge in [0.2, 0.25) is 0 Å². The first-order valence-electron chi connectivity index (χ1n) is 3.71. The van der Waals surface area contributed by atoms with Crippen molar-refractivity contribution in [1.29, 1.82) is 0 Å². The molecule has 1 aliphatic heterocycles. The fraction of sp³-hybridized carbons (Fsp3) is 1.00. The highest BCUT2D eigenvalue weighted by molar-refractivity contribution is 4.80. The second kappa shape index (κ2) is 3.32. The number of aliphatic hydroxyl groups excluding tert-OH is 1. The lowest BCUT2D eigenvalue weighted by atomic mass is 10.0. The van der Waals surface area contributed by atoms with Crippen molar-refractivity contribution in [2.75, 3.05) is 13.7 Å². The van der Waals surface area contributed by atoms with Crippen molar-refractivity contribution in [3.8, 4) is 0 Å². The van der Waals surface area contributed by atoms with Gasteiger partial charge in [-0.25, -0.2) is 0 Å². The van der Waals surface area contributed by atoms with Crippen molar-refractivity contribution in [2.24, 2.45) is 0 Å². The summed E-state index contributed by atoms with van der Waals surface area (Å²) in [5.74, 6) is 0. The van der Waals surface area contributed by atoms with Crippen molar-refractivity contribution in [3.05, 3.63) is 0 Å². The van der Waals surface area contributed by atoms with E-state index < -0.39 is 0 Å². The highest BCUT2D eigenvalue weighted by atomic mass is 16.5. The second-order valence-corrected chi connectivity index (χ2v) is 2.84. The molecule has 0 radical (unpaired) electrons. The minimum Gasteiger partial charge on any atom is -0.389 e. The van der Waals surface area contributed by atoms with E-state index in [0.717, 1.165) is 6.42 Å². The van der Waals surface area contributed by atoms with Crippen LogP contribution in [0.15, 0.2) is 0 Å². The lowest BCUT2D eigenvalue weighted by Crippen LogP contribution is -2.47. The van der Waals surface area contributed by atoms with Gasteiger partial charge >= 0.3 is 0 Å². The van der Waals surface area contributed by atoms with Gasteiger partial charge in [-0.1, -0.05) is 0 Å². The average Bonchev–Trinajstić information content (AvgIpc) is 1.94. The summed E-state index contributed by atoms with van der Waals surface area (Å²) in [4.78, 5) is 0. The van der Waals surface area contributed by atoms with Crippen LogP contribution in [0.5, 0.6) is 0 Å². The van der Waals surface area contributed by atoms with E-state index in [1.165, 1.54) is 0 Å². The summed E-state index contributed by atoms with van der Waals surface area (Å²) >= 11 is 0. The summed E-state index contributed by atoms with van der Waals surface area (Å²) in [6, 6.07) is 0.212. The summed E-state index contributed by atoms with van der Waals surface area (Å²) < 4.78 is 5.23. The molecule has 1 rings (SSSR count). The SMILES string of the molecule is CN[C@H]1C[C@@H](C)OC[C@@H]1O.